The number of nitrogens with zero attached hydrogens (tertiary/aromatic N) is 3. The van der Waals surface area contributed by atoms with E-state index in [0.29, 0.717) is 17.9 Å². The van der Waals surface area contributed by atoms with Gasteiger partial charge in [-0.15, -0.1) is 0 Å². The molecule has 0 aliphatic heterocycles. The van der Waals surface area contributed by atoms with E-state index in [9.17, 15) is 4.39 Å². The monoisotopic (exact) mass is 272 g/mol. The van der Waals surface area contributed by atoms with Crippen LogP contribution in [0.3, 0.4) is 0 Å². The van der Waals surface area contributed by atoms with Gasteiger partial charge in [0.25, 0.3) is 0 Å². The van der Waals surface area contributed by atoms with E-state index in [2.05, 4.69) is 15.4 Å². The van der Waals surface area contributed by atoms with Crippen LogP contribution in [0.5, 0.6) is 0 Å². The molecule has 0 aliphatic carbocycles. The van der Waals surface area contributed by atoms with Gasteiger partial charge in [-0.05, 0) is 36.8 Å². The van der Waals surface area contributed by atoms with Crippen LogP contribution in [0.25, 0.3) is 5.69 Å². The van der Waals surface area contributed by atoms with Crippen LogP contribution in [0.2, 0.25) is 0 Å². The number of furan rings is 1. The second-order valence-corrected chi connectivity index (χ2v) is 4.39. The van der Waals surface area contributed by atoms with E-state index in [4.69, 9.17) is 4.42 Å². The minimum absolute atomic E-state index is 0.363. The molecule has 20 heavy (non-hydrogen) atoms. The first-order chi connectivity index (χ1) is 9.74. The maximum Gasteiger partial charge on any atom is 0.150 e. The Hall–Kier alpha value is -2.63. The summed E-state index contributed by atoms with van der Waals surface area (Å²) in [5.74, 6) is 0.474. The smallest absolute Gasteiger partial charge is 0.150 e. The summed E-state index contributed by atoms with van der Waals surface area (Å²) in [6, 6.07) is 6.76. The minimum atomic E-state index is -0.364. The highest BCUT2D eigenvalue weighted by Gasteiger charge is 2.07. The van der Waals surface area contributed by atoms with Gasteiger partial charge in [-0.1, -0.05) is 0 Å². The number of benzene rings is 1. The molecule has 0 fully saturated rings. The van der Waals surface area contributed by atoms with Crippen molar-refractivity contribution in [2.75, 3.05) is 5.32 Å². The van der Waals surface area contributed by atoms with Crippen LogP contribution >= 0.6 is 0 Å². The van der Waals surface area contributed by atoms with Crippen LogP contribution in [0.4, 0.5) is 10.1 Å². The SMILES string of the molecule is Cc1ccoc1CNc1ccc(-n2cncn2)c(F)c1. The summed E-state index contributed by atoms with van der Waals surface area (Å²) in [4.78, 5) is 3.80. The van der Waals surface area contributed by atoms with Crippen LogP contribution in [0.15, 0.2) is 47.6 Å². The van der Waals surface area contributed by atoms with Crippen molar-refractivity contribution in [1.29, 1.82) is 0 Å². The van der Waals surface area contributed by atoms with Gasteiger partial charge in [-0.25, -0.2) is 14.1 Å². The number of hydrogen-bond acceptors (Lipinski definition) is 4. The fourth-order valence-corrected chi connectivity index (χ4v) is 1.90. The molecule has 6 heteroatoms. The average molecular weight is 272 g/mol. The molecule has 0 aliphatic rings. The van der Waals surface area contributed by atoms with Gasteiger partial charge in [0.2, 0.25) is 0 Å². The van der Waals surface area contributed by atoms with Crippen LogP contribution in [-0.4, -0.2) is 14.8 Å². The molecule has 0 spiro atoms. The Balaban J connectivity index is 1.76. The molecule has 1 N–H and O–H groups in total. The standard InChI is InChI=1S/C14H13FN4O/c1-10-4-5-20-14(10)7-17-11-2-3-13(12(15)6-11)19-9-16-8-18-19/h2-6,8-9,17H,7H2,1H3. The highest BCUT2D eigenvalue weighted by molar-refractivity contribution is 5.49. The van der Waals surface area contributed by atoms with Gasteiger partial charge in [0.1, 0.15) is 24.1 Å². The zero-order valence-electron chi connectivity index (χ0n) is 10.9. The minimum Gasteiger partial charge on any atom is -0.467 e. The lowest BCUT2D eigenvalue weighted by molar-refractivity contribution is 0.515. The molecule has 0 atom stereocenters. The first-order valence-corrected chi connectivity index (χ1v) is 6.15. The van der Waals surface area contributed by atoms with Crippen molar-refractivity contribution >= 4 is 5.69 Å². The maximum absolute atomic E-state index is 14.0. The first-order valence-electron chi connectivity index (χ1n) is 6.15. The van der Waals surface area contributed by atoms with Gasteiger partial charge in [-0.2, -0.15) is 5.10 Å². The third-order valence-corrected chi connectivity index (χ3v) is 3.03. The highest BCUT2D eigenvalue weighted by Crippen LogP contribution is 2.18. The predicted octanol–water partition coefficient (Wildman–Crippen LogP) is 2.92. The van der Waals surface area contributed by atoms with Crippen molar-refractivity contribution in [3.63, 3.8) is 0 Å². The fraction of sp³-hybridized carbons (Fsp3) is 0.143. The van der Waals surface area contributed by atoms with Crippen LogP contribution in [-0.2, 0) is 6.54 Å². The quantitative estimate of drug-likeness (QED) is 0.793. The zero-order valence-corrected chi connectivity index (χ0v) is 10.9. The van der Waals surface area contributed by atoms with E-state index < -0.39 is 0 Å². The number of halogens is 1. The molecule has 1 aromatic carbocycles. The highest BCUT2D eigenvalue weighted by atomic mass is 19.1. The lowest BCUT2D eigenvalue weighted by Crippen LogP contribution is -2.02. The second kappa shape index (κ2) is 5.16. The van der Waals surface area contributed by atoms with Crippen molar-refractivity contribution in [3.05, 3.63) is 60.3 Å². The van der Waals surface area contributed by atoms with Gasteiger partial charge in [0.05, 0.1) is 12.8 Å². The molecule has 5 nitrogen and oxygen atoms in total. The molecule has 2 heterocycles. The largest absolute Gasteiger partial charge is 0.467 e. The lowest BCUT2D eigenvalue weighted by Gasteiger charge is -2.08. The Bertz CT molecular complexity index is 706. The van der Waals surface area contributed by atoms with Crippen molar-refractivity contribution < 1.29 is 8.81 Å². The molecule has 0 saturated heterocycles. The van der Waals surface area contributed by atoms with Crippen LogP contribution in [0.1, 0.15) is 11.3 Å². The predicted molar refractivity (Wildman–Crippen MR) is 72.1 cm³/mol. The Morgan fingerprint density at radius 1 is 1.35 bits per heavy atom. The summed E-state index contributed by atoms with van der Waals surface area (Å²) in [6.07, 6.45) is 4.46. The molecule has 0 saturated carbocycles. The summed E-state index contributed by atoms with van der Waals surface area (Å²) in [5, 5.41) is 7.03. The van der Waals surface area contributed by atoms with E-state index in [0.717, 1.165) is 11.3 Å². The Kier molecular flexibility index (Phi) is 3.20. The van der Waals surface area contributed by atoms with Crippen molar-refractivity contribution in [3.8, 4) is 5.69 Å². The molecule has 3 aromatic rings. The number of aryl methyl sites for hydroxylation is 1. The fourth-order valence-electron chi connectivity index (χ4n) is 1.90. The molecular formula is C14H13FN4O. The molecule has 0 amide bonds. The van der Waals surface area contributed by atoms with Gasteiger partial charge in [0.15, 0.2) is 5.82 Å². The Morgan fingerprint density at radius 2 is 2.25 bits per heavy atom. The summed E-state index contributed by atoms with van der Waals surface area (Å²) in [6.45, 7) is 2.48. The molecule has 0 radical (unpaired) electrons. The topological polar surface area (TPSA) is 55.9 Å². The van der Waals surface area contributed by atoms with Gasteiger partial charge in [-0.3, -0.25) is 0 Å². The van der Waals surface area contributed by atoms with E-state index in [1.165, 1.54) is 23.4 Å². The van der Waals surface area contributed by atoms with E-state index in [-0.39, 0.29) is 5.82 Å². The van der Waals surface area contributed by atoms with Crippen LogP contribution in [0, 0.1) is 12.7 Å². The number of nitrogens with one attached hydrogen (secondary N) is 1. The molecular weight excluding hydrogens is 259 g/mol. The Morgan fingerprint density at radius 3 is 2.90 bits per heavy atom. The van der Waals surface area contributed by atoms with Crippen molar-refractivity contribution in [2.24, 2.45) is 0 Å². The third kappa shape index (κ3) is 2.40. The second-order valence-electron chi connectivity index (χ2n) is 4.39. The van der Waals surface area contributed by atoms with Crippen molar-refractivity contribution in [2.45, 2.75) is 13.5 Å². The van der Waals surface area contributed by atoms with E-state index in [1.807, 2.05) is 13.0 Å². The summed E-state index contributed by atoms with van der Waals surface area (Å²) >= 11 is 0. The molecule has 102 valence electrons. The zero-order chi connectivity index (χ0) is 13.9. The summed E-state index contributed by atoms with van der Waals surface area (Å²) in [5.41, 5.74) is 2.11. The van der Waals surface area contributed by atoms with Crippen molar-refractivity contribution in [1.82, 2.24) is 14.8 Å². The number of anilines is 1. The Labute approximate surface area is 115 Å². The van der Waals surface area contributed by atoms with Crippen LogP contribution < -0.4 is 5.32 Å². The van der Waals surface area contributed by atoms with Gasteiger partial charge in [0, 0.05) is 5.69 Å². The number of rotatable bonds is 4. The average Bonchev–Trinajstić information content (AvgIpc) is 3.08. The number of aromatic nitrogens is 3. The molecule has 3 rings (SSSR count). The molecule has 0 unspecified atom stereocenters. The third-order valence-electron chi connectivity index (χ3n) is 3.03. The lowest BCUT2D eigenvalue weighted by atomic mass is 10.2. The van der Waals surface area contributed by atoms with E-state index in [1.54, 1.807) is 18.4 Å². The van der Waals surface area contributed by atoms with E-state index >= 15 is 0 Å². The summed E-state index contributed by atoms with van der Waals surface area (Å²) < 4.78 is 20.7. The maximum atomic E-state index is 14.0. The normalized spacial score (nSPS) is 10.7. The molecule has 0 bridgehead atoms. The number of hydrogen-bond donors (Lipinski definition) is 1. The molecule has 2 aromatic heterocycles. The van der Waals surface area contributed by atoms with Gasteiger partial charge >= 0.3 is 0 Å². The van der Waals surface area contributed by atoms with Gasteiger partial charge < -0.3 is 9.73 Å². The first kappa shape index (κ1) is 12.4. The summed E-state index contributed by atoms with van der Waals surface area (Å²) in [7, 11) is 0.